The van der Waals surface area contributed by atoms with Crippen LogP contribution in [0.1, 0.15) is 17.5 Å². The summed E-state index contributed by atoms with van der Waals surface area (Å²) in [4.78, 5) is 0. The van der Waals surface area contributed by atoms with Crippen LogP contribution in [0.25, 0.3) is 0 Å². The maximum atomic E-state index is 11.4. The first-order valence-electron chi connectivity index (χ1n) is 5.70. The average molecular weight is 398 g/mol. The van der Waals surface area contributed by atoms with Gasteiger partial charge in [0.25, 0.3) is 0 Å². The molecule has 0 unspecified atom stereocenters. The lowest BCUT2D eigenvalue weighted by molar-refractivity contribution is 0.522. The molecule has 2 nitrogen and oxygen atoms in total. The molecule has 0 aliphatic heterocycles. The normalized spacial score (nSPS) is 12.7. The first-order chi connectivity index (χ1) is 8.34. The van der Waals surface area contributed by atoms with Crippen LogP contribution < -0.4 is 0 Å². The molecule has 0 amide bonds. The molecule has 18 heavy (non-hydrogen) atoms. The number of halogens is 2. The Bertz CT molecular complexity index is 493. The fourth-order valence-electron chi connectivity index (χ4n) is 2.00. The van der Waals surface area contributed by atoms with Gasteiger partial charge in [0.1, 0.15) is 9.84 Å². The zero-order valence-electron chi connectivity index (χ0n) is 10.6. The molecule has 0 aliphatic rings. The maximum Gasteiger partial charge on any atom is 0.147 e. The third-order valence-corrected chi connectivity index (χ3v) is 6.27. The Labute approximate surface area is 126 Å². The first kappa shape index (κ1) is 16.2. The second kappa shape index (κ2) is 6.53. The van der Waals surface area contributed by atoms with E-state index in [-0.39, 0.29) is 11.2 Å². The Hall–Kier alpha value is 0.130. The summed E-state index contributed by atoms with van der Waals surface area (Å²) < 4.78 is 22.8. The Morgan fingerprint density at radius 3 is 2.17 bits per heavy atom. The van der Waals surface area contributed by atoms with Crippen molar-refractivity contribution in [3.63, 3.8) is 0 Å². The van der Waals surface area contributed by atoms with Gasteiger partial charge in [0, 0.05) is 22.3 Å². The third kappa shape index (κ3) is 4.07. The van der Waals surface area contributed by atoms with Gasteiger partial charge in [-0.15, -0.1) is 0 Å². The minimum atomic E-state index is -2.94. The molecule has 0 heterocycles. The van der Waals surface area contributed by atoms with Crippen molar-refractivity contribution in [2.45, 2.75) is 18.8 Å². The van der Waals surface area contributed by atoms with Crippen LogP contribution in [0.5, 0.6) is 0 Å². The summed E-state index contributed by atoms with van der Waals surface area (Å²) in [6.07, 6.45) is 1.91. The lowest BCUT2D eigenvalue weighted by Gasteiger charge is -2.32. The molecule has 0 atom stereocenters. The minimum absolute atomic E-state index is 0.172. The molecule has 1 rings (SSSR count). The number of rotatable bonds is 6. The smallest absolute Gasteiger partial charge is 0.147 e. The van der Waals surface area contributed by atoms with E-state index >= 15 is 0 Å². The van der Waals surface area contributed by atoms with Crippen molar-refractivity contribution in [3.8, 4) is 0 Å². The lowest BCUT2D eigenvalue weighted by atomic mass is 9.80. The largest absolute Gasteiger partial charge is 0.229 e. The van der Waals surface area contributed by atoms with Crippen molar-refractivity contribution < 1.29 is 8.42 Å². The molecule has 0 saturated carbocycles. The predicted molar refractivity (Wildman–Crippen MR) is 84.8 cm³/mol. The van der Waals surface area contributed by atoms with Crippen LogP contribution in [0.15, 0.2) is 24.3 Å². The molecule has 0 bridgehead atoms. The highest BCUT2D eigenvalue weighted by Crippen LogP contribution is 2.34. The Kier molecular flexibility index (Phi) is 5.87. The molecule has 102 valence electrons. The van der Waals surface area contributed by atoms with Gasteiger partial charge in [0.05, 0.1) is 5.75 Å². The average Bonchev–Trinajstić information content (AvgIpc) is 2.31. The summed E-state index contributed by atoms with van der Waals surface area (Å²) in [5.41, 5.74) is 2.24. The zero-order chi connectivity index (χ0) is 13.8. The van der Waals surface area contributed by atoms with Crippen LogP contribution in [0, 0.1) is 6.92 Å². The Morgan fingerprint density at radius 2 is 1.72 bits per heavy atom. The summed E-state index contributed by atoms with van der Waals surface area (Å²) >= 11 is 7.09. The Balaban J connectivity index is 3.11. The van der Waals surface area contributed by atoms with E-state index in [1.807, 2.05) is 12.1 Å². The van der Waals surface area contributed by atoms with E-state index in [0.717, 1.165) is 10.7 Å². The molecule has 1 aromatic carbocycles. The molecular weight excluding hydrogens is 380 g/mol. The Morgan fingerprint density at radius 1 is 1.17 bits per heavy atom. The number of aryl methyl sites for hydroxylation is 1. The number of alkyl halides is 2. The third-order valence-electron chi connectivity index (χ3n) is 3.18. The molecular formula is C13H18Br2O2S. The standard InChI is InChI=1S/C13H18Br2O2S/c1-11-5-3-4-6-12(11)13(9-14,10-15)7-8-18(2,16)17/h3-6H,7-10H2,1-2H3. The first-order valence-corrected chi connectivity index (χ1v) is 10.0. The molecule has 5 heteroatoms. The molecule has 0 fully saturated rings. The van der Waals surface area contributed by atoms with E-state index in [1.54, 1.807) is 0 Å². The van der Waals surface area contributed by atoms with E-state index in [0.29, 0.717) is 6.42 Å². The topological polar surface area (TPSA) is 34.1 Å². The van der Waals surface area contributed by atoms with Crippen LogP contribution in [0.3, 0.4) is 0 Å². The molecule has 0 spiro atoms. The van der Waals surface area contributed by atoms with Crippen molar-refractivity contribution in [3.05, 3.63) is 35.4 Å². The highest BCUT2D eigenvalue weighted by Gasteiger charge is 2.32. The van der Waals surface area contributed by atoms with Crippen molar-refractivity contribution in [2.24, 2.45) is 0 Å². The van der Waals surface area contributed by atoms with Gasteiger partial charge < -0.3 is 0 Å². The van der Waals surface area contributed by atoms with E-state index in [9.17, 15) is 8.42 Å². The summed E-state index contributed by atoms with van der Waals surface area (Å²) in [7, 11) is -2.94. The lowest BCUT2D eigenvalue weighted by Crippen LogP contribution is -2.33. The van der Waals surface area contributed by atoms with Gasteiger partial charge in [0.15, 0.2) is 0 Å². The van der Waals surface area contributed by atoms with E-state index in [4.69, 9.17) is 0 Å². The van der Waals surface area contributed by atoms with Crippen molar-refractivity contribution in [2.75, 3.05) is 22.7 Å². The second-order valence-electron chi connectivity index (χ2n) is 4.74. The molecule has 0 aliphatic carbocycles. The number of benzene rings is 1. The van der Waals surface area contributed by atoms with Crippen LogP contribution in [-0.4, -0.2) is 31.1 Å². The number of sulfone groups is 1. The quantitative estimate of drug-likeness (QED) is 0.688. The summed E-state index contributed by atoms with van der Waals surface area (Å²) in [5, 5.41) is 1.48. The van der Waals surface area contributed by atoms with Gasteiger partial charge in [-0.3, -0.25) is 0 Å². The van der Waals surface area contributed by atoms with Gasteiger partial charge in [0.2, 0.25) is 0 Å². The molecule has 0 radical (unpaired) electrons. The van der Waals surface area contributed by atoms with Crippen LogP contribution >= 0.6 is 31.9 Å². The van der Waals surface area contributed by atoms with Crippen LogP contribution in [0.2, 0.25) is 0 Å². The monoisotopic (exact) mass is 396 g/mol. The van der Waals surface area contributed by atoms with Crippen molar-refractivity contribution in [1.82, 2.24) is 0 Å². The van der Waals surface area contributed by atoms with E-state index in [1.165, 1.54) is 17.4 Å². The van der Waals surface area contributed by atoms with Crippen LogP contribution in [-0.2, 0) is 15.3 Å². The summed E-state index contributed by atoms with van der Waals surface area (Å²) in [5.74, 6) is 0.207. The molecule has 0 N–H and O–H groups in total. The van der Waals surface area contributed by atoms with Gasteiger partial charge in [-0.1, -0.05) is 56.1 Å². The van der Waals surface area contributed by atoms with E-state index in [2.05, 4.69) is 50.9 Å². The van der Waals surface area contributed by atoms with Crippen molar-refractivity contribution >= 4 is 41.7 Å². The summed E-state index contributed by atoms with van der Waals surface area (Å²) in [6.45, 7) is 2.07. The maximum absolute atomic E-state index is 11.4. The second-order valence-corrected chi connectivity index (χ2v) is 8.12. The fourth-order valence-corrected chi connectivity index (χ4v) is 4.85. The van der Waals surface area contributed by atoms with Gasteiger partial charge >= 0.3 is 0 Å². The van der Waals surface area contributed by atoms with Gasteiger partial charge in [-0.05, 0) is 24.5 Å². The molecule has 0 aromatic heterocycles. The minimum Gasteiger partial charge on any atom is -0.229 e. The highest BCUT2D eigenvalue weighted by molar-refractivity contribution is 9.09. The van der Waals surface area contributed by atoms with Gasteiger partial charge in [-0.2, -0.15) is 0 Å². The molecule has 1 aromatic rings. The zero-order valence-corrected chi connectivity index (χ0v) is 14.6. The van der Waals surface area contributed by atoms with Gasteiger partial charge in [-0.25, -0.2) is 8.42 Å². The van der Waals surface area contributed by atoms with E-state index < -0.39 is 9.84 Å². The summed E-state index contributed by atoms with van der Waals surface area (Å²) in [6, 6.07) is 8.15. The number of hydrogen-bond donors (Lipinski definition) is 0. The molecule has 0 saturated heterocycles. The SMILES string of the molecule is Cc1ccccc1C(CBr)(CBr)CCS(C)(=O)=O. The number of hydrogen-bond acceptors (Lipinski definition) is 2. The predicted octanol–water partition coefficient (Wildman–Crippen LogP) is 3.46. The van der Waals surface area contributed by atoms with Crippen molar-refractivity contribution in [1.29, 1.82) is 0 Å². The van der Waals surface area contributed by atoms with Crippen LogP contribution in [0.4, 0.5) is 0 Å². The fraction of sp³-hybridized carbons (Fsp3) is 0.538. The highest BCUT2D eigenvalue weighted by atomic mass is 79.9.